The van der Waals surface area contributed by atoms with Crippen LogP contribution in [0.4, 0.5) is 0 Å². The second-order valence-corrected chi connectivity index (χ2v) is 3.67. The summed E-state index contributed by atoms with van der Waals surface area (Å²) in [5.41, 5.74) is 0.622. The molecule has 2 heteroatoms. The van der Waals surface area contributed by atoms with Crippen molar-refractivity contribution in [2.45, 2.75) is 25.4 Å². The third kappa shape index (κ3) is 2.46. The van der Waals surface area contributed by atoms with Crippen LogP contribution >= 0.6 is 0 Å². The van der Waals surface area contributed by atoms with Crippen molar-refractivity contribution in [2.75, 3.05) is 0 Å². The van der Waals surface area contributed by atoms with Crippen LogP contribution in [0.15, 0.2) is 36.4 Å². The van der Waals surface area contributed by atoms with Gasteiger partial charge in [-0.25, -0.2) is 0 Å². The minimum atomic E-state index is 0.125. The molecular weight excluding hydrogens is 188 g/mol. The molecule has 15 heavy (non-hydrogen) atoms. The summed E-state index contributed by atoms with van der Waals surface area (Å²) >= 11 is 0. The number of aldehydes is 1. The summed E-state index contributed by atoms with van der Waals surface area (Å²) in [5.74, 6) is 0.684. The maximum absolute atomic E-state index is 10.8. The Morgan fingerprint density at radius 2 is 2.20 bits per heavy atom. The van der Waals surface area contributed by atoms with Gasteiger partial charge in [-0.3, -0.25) is 4.79 Å². The molecule has 78 valence electrons. The van der Waals surface area contributed by atoms with E-state index in [1.54, 1.807) is 6.07 Å². The van der Waals surface area contributed by atoms with E-state index in [9.17, 15) is 4.79 Å². The van der Waals surface area contributed by atoms with Crippen LogP contribution in [0, 0.1) is 0 Å². The maximum atomic E-state index is 10.8. The molecule has 2 rings (SSSR count). The van der Waals surface area contributed by atoms with Crippen LogP contribution in [-0.4, -0.2) is 12.4 Å². The molecule has 1 aromatic carbocycles. The zero-order valence-electron chi connectivity index (χ0n) is 8.56. The summed E-state index contributed by atoms with van der Waals surface area (Å²) in [6.45, 7) is 0. The van der Waals surface area contributed by atoms with E-state index in [0.717, 1.165) is 25.5 Å². The van der Waals surface area contributed by atoms with Crippen LogP contribution in [0.3, 0.4) is 0 Å². The van der Waals surface area contributed by atoms with Crippen molar-refractivity contribution in [3.8, 4) is 5.75 Å². The molecule has 1 aliphatic carbocycles. The SMILES string of the molecule is O=Cc1ccccc1O[C@@H]1C=CCCC1. The van der Waals surface area contributed by atoms with Crippen LogP contribution < -0.4 is 4.74 Å². The van der Waals surface area contributed by atoms with Gasteiger partial charge in [-0.2, -0.15) is 0 Å². The zero-order chi connectivity index (χ0) is 10.5. The van der Waals surface area contributed by atoms with Gasteiger partial charge >= 0.3 is 0 Å². The molecule has 0 bridgehead atoms. The van der Waals surface area contributed by atoms with Gasteiger partial charge in [-0.1, -0.05) is 18.2 Å². The monoisotopic (exact) mass is 202 g/mol. The number of allylic oxidation sites excluding steroid dienone is 1. The number of hydrogen-bond donors (Lipinski definition) is 0. The first-order chi connectivity index (χ1) is 7.40. The standard InChI is InChI=1S/C13H14O2/c14-10-11-6-4-5-9-13(11)15-12-7-2-1-3-8-12/h2,4-7,9-10,12H,1,3,8H2/t12-/m1/s1. The lowest BCUT2D eigenvalue weighted by molar-refractivity contribution is 0.111. The van der Waals surface area contributed by atoms with Crippen LogP contribution in [0.1, 0.15) is 29.6 Å². The van der Waals surface area contributed by atoms with Gasteiger partial charge in [0, 0.05) is 0 Å². The summed E-state index contributed by atoms with van der Waals surface area (Å²) in [5, 5.41) is 0. The predicted molar refractivity (Wildman–Crippen MR) is 59.2 cm³/mol. The fraction of sp³-hybridized carbons (Fsp3) is 0.308. The van der Waals surface area contributed by atoms with E-state index >= 15 is 0 Å². The van der Waals surface area contributed by atoms with Crippen molar-refractivity contribution in [1.29, 1.82) is 0 Å². The molecule has 0 amide bonds. The van der Waals surface area contributed by atoms with E-state index in [1.165, 1.54) is 0 Å². The van der Waals surface area contributed by atoms with Gasteiger partial charge in [-0.15, -0.1) is 0 Å². The third-order valence-electron chi connectivity index (χ3n) is 2.53. The van der Waals surface area contributed by atoms with E-state index in [4.69, 9.17) is 4.74 Å². The average molecular weight is 202 g/mol. The second-order valence-electron chi connectivity index (χ2n) is 3.67. The Hall–Kier alpha value is -1.57. The predicted octanol–water partition coefficient (Wildman–Crippen LogP) is 2.99. The molecule has 0 aliphatic heterocycles. The Bertz CT molecular complexity index is 369. The van der Waals surface area contributed by atoms with Gasteiger partial charge in [0.2, 0.25) is 0 Å². The number of carbonyl (C=O) groups is 1. The Kier molecular flexibility index (Phi) is 3.18. The van der Waals surface area contributed by atoms with Crippen LogP contribution in [0.25, 0.3) is 0 Å². The Morgan fingerprint density at radius 3 is 2.93 bits per heavy atom. The third-order valence-corrected chi connectivity index (χ3v) is 2.53. The first-order valence-corrected chi connectivity index (χ1v) is 5.27. The fourth-order valence-electron chi connectivity index (χ4n) is 1.73. The largest absolute Gasteiger partial charge is 0.486 e. The summed E-state index contributed by atoms with van der Waals surface area (Å²) in [4.78, 5) is 10.8. The lowest BCUT2D eigenvalue weighted by Gasteiger charge is -2.19. The highest BCUT2D eigenvalue weighted by Gasteiger charge is 2.11. The first kappa shape index (κ1) is 9.97. The fourth-order valence-corrected chi connectivity index (χ4v) is 1.73. The summed E-state index contributed by atoms with van der Waals surface area (Å²) < 4.78 is 5.76. The maximum Gasteiger partial charge on any atom is 0.153 e. The van der Waals surface area contributed by atoms with Crippen molar-refractivity contribution >= 4 is 6.29 Å². The molecule has 0 fully saturated rings. The number of carbonyl (C=O) groups excluding carboxylic acids is 1. The lowest BCUT2D eigenvalue weighted by Crippen LogP contribution is -2.16. The molecule has 1 aromatic rings. The average Bonchev–Trinajstić information content (AvgIpc) is 2.31. The molecule has 0 heterocycles. The molecule has 0 unspecified atom stereocenters. The van der Waals surface area contributed by atoms with E-state index in [0.29, 0.717) is 11.3 Å². The van der Waals surface area contributed by atoms with Gasteiger partial charge in [0.25, 0.3) is 0 Å². The smallest absolute Gasteiger partial charge is 0.153 e. The summed E-state index contributed by atoms with van der Waals surface area (Å²) in [6, 6.07) is 7.34. The van der Waals surface area contributed by atoms with Crippen molar-refractivity contribution in [3.05, 3.63) is 42.0 Å². The van der Waals surface area contributed by atoms with E-state index < -0.39 is 0 Å². The van der Waals surface area contributed by atoms with Gasteiger partial charge in [0.1, 0.15) is 11.9 Å². The minimum Gasteiger partial charge on any atom is -0.486 e. The molecule has 0 spiro atoms. The molecule has 0 saturated carbocycles. The molecular formula is C13H14O2. The number of rotatable bonds is 3. The molecule has 0 N–H and O–H groups in total. The molecule has 1 aliphatic rings. The molecule has 1 atom stereocenters. The highest BCUT2D eigenvalue weighted by Crippen LogP contribution is 2.21. The minimum absolute atomic E-state index is 0.125. The number of hydrogen-bond acceptors (Lipinski definition) is 2. The van der Waals surface area contributed by atoms with Gasteiger partial charge in [-0.05, 0) is 37.5 Å². The quantitative estimate of drug-likeness (QED) is 0.556. The summed E-state index contributed by atoms with van der Waals surface area (Å²) in [7, 11) is 0. The molecule has 0 radical (unpaired) electrons. The van der Waals surface area contributed by atoms with Gasteiger partial charge < -0.3 is 4.74 Å². The van der Waals surface area contributed by atoms with Crippen molar-refractivity contribution in [1.82, 2.24) is 0 Å². The van der Waals surface area contributed by atoms with Gasteiger partial charge in [0.15, 0.2) is 6.29 Å². The Labute approximate surface area is 89.6 Å². The highest BCUT2D eigenvalue weighted by atomic mass is 16.5. The van der Waals surface area contributed by atoms with Gasteiger partial charge in [0.05, 0.1) is 5.56 Å². The first-order valence-electron chi connectivity index (χ1n) is 5.27. The van der Waals surface area contributed by atoms with E-state index in [1.807, 2.05) is 18.2 Å². The highest BCUT2D eigenvalue weighted by molar-refractivity contribution is 5.79. The normalized spacial score (nSPS) is 19.9. The zero-order valence-corrected chi connectivity index (χ0v) is 8.56. The summed E-state index contributed by atoms with van der Waals surface area (Å²) in [6.07, 6.45) is 8.49. The van der Waals surface area contributed by atoms with E-state index in [-0.39, 0.29) is 6.10 Å². The molecule has 0 aromatic heterocycles. The Balaban J connectivity index is 2.12. The lowest BCUT2D eigenvalue weighted by atomic mass is 10.1. The number of para-hydroxylation sites is 1. The number of ether oxygens (including phenoxy) is 1. The topological polar surface area (TPSA) is 26.3 Å². The molecule has 2 nitrogen and oxygen atoms in total. The van der Waals surface area contributed by atoms with Crippen LogP contribution in [0.2, 0.25) is 0 Å². The van der Waals surface area contributed by atoms with E-state index in [2.05, 4.69) is 12.2 Å². The van der Waals surface area contributed by atoms with Crippen molar-refractivity contribution in [3.63, 3.8) is 0 Å². The van der Waals surface area contributed by atoms with Crippen molar-refractivity contribution < 1.29 is 9.53 Å². The van der Waals surface area contributed by atoms with Crippen LogP contribution in [0.5, 0.6) is 5.75 Å². The Morgan fingerprint density at radius 1 is 1.33 bits per heavy atom. The number of benzene rings is 1. The van der Waals surface area contributed by atoms with Crippen molar-refractivity contribution in [2.24, 2.45) is 0 Å². The molecule has 0 saturated heterocycles. The van der Waals surface area contributed by atoms with Crippen LogP contribution in [-0.2, 0) is 0 Å². The second kappa shape index (κ2) is 4.78.